The number of aromatic nitrogens is 8. The van der Waals surface area contributed by atoms with Crippen molar-refractivity contribution in [1.29, 1.82) is 0 Å². The van der Waals surface area contributed by atoms with Gasteiger partial charge in [-0.25, -0.2) is 39.3 Å². The number of hydrogen-bond acceptors (Lipinski definition) is 12. The molecule has 150 valence electrons. The predicted octanol–water partition coefficient (Wildman–Crippen LogP) is -2.27. The highest BCUT2D eigenvalue weighted by Crippen LogP contribution is 2.36. The number of nitrogen functional groups attached to an aromatic ring is 2. The third kappa shape index (κ3) is 2.51. The maximum atomic E-state index is 10.8. The van der Waals surface area contributed by atoms with Gasteiger partial charge in [-0.2, -0.15) is 0 Å². The average molecular weight is 400 g/mol. The van der Waals surface area contributed by atoms with Crippen LogP contribution in [0.25, 0.3) is 22.3 Å². The Kier molecular flexibility index (Phi) is 3.66. The van der Waals surface area contributed by atoms with Gasteiger partial charge in [0.25, 0.3) is 0 Å². The Balaban J connectivity index is 1.68. The van der Waals surface area contributed by atoms with Gasteiger partial charge in [0.1, 0.15) is 25.1 Å². The van der Waals surface area contributed by atoms with E-state index in [-0.39, 0.29) is 35.0 Å². The molecule has 1 fully saturated rings. The van der Waals surface area contributed by atoms with Crippen molar-refractivity contribution < 1.29 is 20.1 Å². The molecule has 3 atom stereocenters. The van der Waals surface area contributed by atoms with Gasteiger partial charge in [-0.3, -0.25) is 0 Å². The number of nitrogens with zero attached hydrogens (tertiary/aromatic N) is 8. The second-order valence-corrected chi connectivity index (χ2v) is 6.61. The van der Waals surface area contributed by atoms with Crippen LogP contribution in [0.15, 0.2) is 19.0 Å². The fourth-order valence-corrected chi connectivity index (χ4v) is 3.34. The topological polar surface area (TPSA) is 209 Å². The maximum Gasteiger partial charge on any atom is 0.231 e. The minimum Gasteiger partial charge on any atom is -0.394 e. The molecule has 0 spiro atoms. The standard InChI is InChI=1S/C15H16N10O4/c16-10-8-12(19-3-18-10)24(4-20-8)25-5-21-9-11(17)22-14(23-13(9)25)15(28)1-6(27)7(2-26)29-15/h3-7,26-28H,1-2H2,(H2,16,18,19)(H2,17,22,23)/t6-,7+,15-/m0/s1. The summed E-state index contributed by atoms with van der Waals surface area (Å²) in [5, 5.41) is 30.1. The molecule has 14 heteroatoms. The highest BCUT2D eigenvalue weighted by Gasteiger charge is 2.48. The third-order valence-electron chi connectivity index (χ3n) is 4.77. The molecule has 4 aromatic rings. The zero-order valence-electron chi connectivity index (χ0n) is 14.8. The molecule has 0 aromatic carbocycles. The monoisotopic (exact) mass is 400 g/mol. The molecule has 5 rings (SSSR count). The van der Waals surface area contributed by atoms with Gasteiger partial charge in [0, 0.05) is 6.42 Å². The Bertz CT molecular complexity index is 1240. The van der Waals surface area contributed by atoms with E-state index < -0.39 is 24.6 Å². The molecule has 4 aromatic heterocycles. The van der Waals surface area contributed by atoms with Crippen LogP contribution in [0.3, 0.4) is 0 Å². The molecule has 0 aliphatic carbocycles. The number of ether oxygens (including phenoxy) is 1. The Morgan fingerprint density at radius 1 is 1.03 bits per heavy atom. The fourth-order valence-electron chi connectivity index (χ4n) is 3.34. The fraction of sp³-hybridized carbons (Fsp3) is 0.333. The van der Waals surface area contributed by atoms with E-state index in [2.05, 4.69) is 29.9 Å². The molecule has 7 N–H and O–H groups in total. The lowest BCUT2D eigenvalue weighted by atomic mass is 10.1. The van der Waals surface area contributed by atoms with Crippen molar-refractivity contribution in [2.75, 3.05) is 18.1 Å². The summed E-state index contributed by atoms with van der Waals surface area (Å²) in [5.41, 5.74) is 13.2. The summed E-state index contributed by atoms with van der Waals surface area (Å²) in [5.74, 6) is -1.97. The van der Waals surface area contributed by atoms with Gasteiger partial charge in [0.2, 0.25) is 5.79 Å². The van der Waals surface area contributed by atoms with Crippen LogP contribution in [0.4, 0.5) is 11.6 Å². The van der Waals surface area contributed by atoms with Gasteiger partial charge >= 0.3 is 0 Å². The largest absolute Gasteiger partial charge is 0.394 e. The SMILES string of the molecule is Nc1ncnc2c1ncn2-n1cnc2c(N)nc([C@]3(O)C[C@H](O)[C@@H](CO)O3)nc21. The van der Waals surface area contributed by atoms with Crippen molar-refractivity contribution in [3.63, 3.8) is 0 Å². The lowest BCUT2D eigenvalue weighted by molar-refractivity contribution is -0.211. The number of rotatable bonds is 3. The Labute approximate surface area is 161 Å². The minimum absolute atomic E-state index is 0.00118. The molecule has 0 unspecified atom stereocenters. The van der Waals surface area contributed by atoms with Crippen molar-refractivity contribution in [3.8, 4) is 0 Å². The lowest BCUT2D eigenvalue weighted by Gasteiger charge is -2.21. The van der Waals surface area contributed by atoms with Gasteiger partial charge in [0.05, 0.1) is 12.7 Å². The van der Waals surface area contributed by atoms with E-state index >= 15 is 0 Å². The average Bonchev–Trinajstić information content (AvgIpc) is 3.37. The number of anilines is 2. The first-order valence-corrected chi connectivity index (χ1v) is 8.55. The highest BCUT2D eigenvalue weighted by atomic mass is 16.7. The molecule has 1 aliphatic heterocycles. The van der Waals surface area contributed by atoms with E-state index in [4.69, 9.17) is 16.2 Å². The zero-order chi connectivity index (χ0) is 20.3. The first-order valence-electron chi connectivity index (χ1n) is 8.55. The number of nitrogens with two attached hydrogens (primary N) is 2. The summed E-state index contributed by atoms with van der Waals surface area (Å²) in [6.45, 7) is -0.471. The van der Waals surface area contributed by atoms with Crippen molar-refractivity contribution in [2.45, 2.75) is 24.4 Å². The molecule has 0 amide bonds. The summed E-state index contributed by atoms with van der Waals surface area (Å²) in [6.07, 6.45) is 1.91. The highest BCUT2D eigenvalue weighted by molar-refractivity contribution is 5.84. The molecule has 5 heterocycles. The van der Waals surface area contributed by atoms with Crippen LogP contribution in [-0.4, -0.2) is 73.4 Å². The number of fused-ring (bicyclic) bond motifs is 2. The second-order valence-electron chi connectivity index (χ2n) is 6.61. The number of aliphatic hydroxyl groups is 3. The van der Waals surface area contributed by atoms with Crippen LogP contribution in [0.2, 0.25) is 0 Å². The van der Waals surface area contributed by atoms with Gasteiger partial charge < -0.3 is 31.5 Å². The smallest absolute Gasteiger partial charge is 0.231 e. The van der Waals surface area contributed by atoms with E-state index in [1.165, 1.54) is 28.3 Å². The van der Waals surface area contributed by atoms with E-state index in [1.807, 2.05) is 0 Å². The first-order chi connectivity index (χ1) is 13.9. The van der Waals surface area contributed by atoms with Crippen LogP contribution in [-0.2, 0) is 10.5 Å². The second kappa shape index (κ2) is 6.02. The van der Waals surface area contributed by atoms with Gasteiger partial charge in [-0.15, -0.1) is 0 Å². The molecule has 14 nitrogen and oxygen atoms in total. The molecule has 0 radical (unpaired) electrons. The van der Waals surface area contributed by atoms with Crippen molar-refractivity contribution in [1.82, 2.24) is 39.3 Å². The van der Waals surface area contributed by atoms with Crippen LogP contribution >= 0.6 is 0 Å². The van der Waals surface area contributed by atoms with Crippen LogP contribution in [0.1, 0.15) is 12.2 Å². The Hall–Kier alpha value is -3.46. The Morgan fingerprint density at radius 2 is 1.72 bits per heavy atom. The Morgan fingerprint density at radius 3 is 2.41 bits per heavy atom. The van der Waals surface area contributed by atoms with Crippen LogP contribution in [0, 0.1) is 0 Å². The van der Waals surface area contributed by atoms with Crippen LogP contribution < -0.4 is 11.5 Å². The van der Waals surface area contributed by atoms with E-state index in [0.29, 0.717) is 11.2 Å². The van der Waals surface area contributed by atoms with Crippen LogP contribution in [0.5, 0.6) is 0 Å². The molecule has 0 saturated carbocycles. The van der Waals surface area contributed by atoms with E-state index in [1.54, 1.807) is 0 Å². The molecular weight excluding hydrogens is 384 g/mol. The van der Waals surface area contributed by atoms with Crippen molar-refractivity contribution in [2.24, 2.45) is 0 Å². The lowest BCUT2D eigenvalue weighted by Crippen LogP contribution is -2.30. The zero-order valence-corrected chi connectivity index (χ0v) is 14.8. The summed E-state index contributed by atoms with van der Waals surface area (Å²) in [7, 11) is 0. The minimum atomic E-state index is -2.02. The summed E-state index contributed by atoms with van der Waals surface area (Å²) in [6, 6.07) is 0. The van der Waals surface area contributed by atoms with Crippen molar-refractivity contribution in [3.05, 3.63) is 24.8 Å². The van der Waals surface area contributed by atoms with Gasteiger partial charge in [0.15, 0.2) is 39.8 Å². The molecular formula is C15H16N10O4. The summed E-state index contributed by atoms with van der Waals surface area (Å²) < 4.78 is 8.41. The van der Waals surface area contributed by atoms with Crippen molar-refractivity contribution >= 4 is 34.0 Å². The van der Waals surface area contributed by atoms with E-state index in [9.17, 15) is 15.3 Å². The normalized spacial score (nSPS) is 24.7. The quantitative estimate of drug-likeness (QED) is 0.246. The predicted molar refractivity (Wildman–Crippen MR) is 96.7 cm³/mol. The maximum absolute atomic E-state index is 10.8. The molecule has 29 heavy (non-hydrogen) atoms. The molecule has 1 saturated heterocycles. The van der Waals surface area contributed by atoms with Gasteiger partial charge in [-0.1, -0.05) is 0 Å². The molecule has 0 bridgehead atoms. The number of aliphatic hydroxyl groups excluding tert-OH is 2. The van der Waals surface area contributed by atoms with Gasteiger partial charge in [-0.05, 0) is 0 Å². The summed E-state index contributed by atoms with van der Waals surface area (Å²) in [4.78, 5) is 24.9. The summed E-state index contributed by atoms with van der Waals surface area (Å²) >= 11 is 0. The molecule has 1 aliphatic rings. The third-order valence-corrected chi connectivity index (χ3v) is 4.77. The number of imidazole rings is 2. The van der Waals surface area contributed by atoms with E-state index in [0.717, 1.165) is 0 Å². The first kappa shape index (κ1) is 17.6. The number of hydrogen-bond donors (Lipinski definition) is 5.